The lowest BCUT2D eigenvalue weighted by Gasteiger charge is -2.15. The van der Waals surface area contributed by atoms with Crippen LogP contribution in [0.2, 0.25) is 0 Å². The van der Waals surface area contributed by atoms with Crippen LogP contribution in [0.5, 0.6) is 0 Å². The minimum Gasteiger partial charge on any atom is -0.443 e. The fraction of sp³-hybridized carbons (Fsp3) is 0.500. The summed E-state index contributed by atoms with van der Waals surface area (Å²) in [6.45, 7) is 4.34. The Labute approximate surface area is 131 Å². The zero-order valence-corrected chi connectivity index (χ0v) is 14.0. The van der Waals surface area contributed by atoms with E-state index >= 15 is 0 Å². The van der Waals surface area contributed by atoms with Gasteiger partial charge in [-0.05, 0) is 37.1 Å². The van der Waals surface area contributed by atoms with Crippen LogP contribution in [-0.2, 0) is 14.9 Å². The number of nitrogens with one attached hydrogen (secondary N) is 1. The summed E-state index contributed by atoms with van der Waals surface area (Å²) in [4.78, 5) is 13.5. The van der Waals surface area contributed by atoms with Crippen LogP contribution in [-0.4, -0.2) is 52.1 Å². The molecule has 0 aromatic heterocycles. The van der Waals surface area contributed by atoms with E-state index in [9.17, 15) is 13.2 Å². The molecule has 0 radical (unpaired) electrons. The van der Waals surface area contributed by atoms with Gasteiger partial charge in [0.1, 0.15) is 6.10 Å². The summed E-state index contributed by atoms with van der Waals surface area (Å²) in [5.41, 5.74) is 2.99. The van der Waals surface area contributed by atoms with E-state index in [1.54, 1.807) is 0 Å². The highest BCUT2D eigenvalue weighted by molar-refractivity contribution is 7.87. The second kappa shape index (κ2) is 6.23. The number of carbonyl (C=O) groups is 1. The van der Waals surface area contributed by atoms with Crippen LogP contribution in [0.15, 0.2) is 18.2 Å². The molecule has 2 rings (SSSR count). The van der Waals surface area contributed by atoms with Gasteiger partial charge in [-0.3, -0.25) is 4.90 Å². The monoisotopic (exact) mass is 327 g/mol. The van der Waals surface area contributed by atoms with Crippen molar-refractivity contribution >= 4 is 22.0 Å². The third-order valence-corrected chi connectivity index (χ3v) is 5.14. The van der Waals surface area contributed by atoms with Crippen molar-refractivity contribution in [1.29, 1.82) is 0 Å². The van der Waals surface area contributed by atoms with E-state index in [1.165, 1.54) is 19.0 Å². The number of benzene rings is 1. The number of aryl methyl sites for hydroxylation is 2. The highest BCUT2D eigenvalue weighted by atomic mass is 32.2. The average molecular weight is 327 g/mol. The predicted octanol–water partition coefficient (Wildman–Crippen LogP) is 1.02. The number of ether oxygens (including phenoxy) is 1. The maximum Gasteiger partial charge on any atom is 0.414 e. The van der Waals surface area contributed by atoms with Crippen LogP contribution < -0.4 is 9.62 Å². The molecular formula is C14H21N3O4S. The van der Waals surface area contributed by atoms with Crippen LogP contribution in [0.4, 0.5) is 10.5 Å². The number of cyclic esters (lactones) is 1. The molecule has 0 saturated carbocycles. The molecule has 7 nitrogen and oxygen atoms in total. The predicted molar refractivity (Wildman–Crippen MR) is 84.1 cm³/mol. The summed E-state index contributed by atoms with van der Waals surface area (Å²) in [5, 5.41) is 0. The second-order valence-electron chi connectivity index (χ2n) is 5.52. The zero-order valence-electron chi connectivity index (χ0n) is 13.2. The summed E-state index contributed by atoms with van der Waals surface area (Å²) in [7, 11) is -0.654. The molecule has 1 amide bonds. The molecule has 22 heavy (non-hydrogen) atoms. The first-order valence-electron chi connectivity index (χ1n) is 6.93. The Morgan fingerprint density at radius 1 is 1.32 bits per heavy atom. The van der Waals surface area contributed by atoms with Crippen molar-refractivity contribution in [2.75, 3.05) is 32.1 Å². The molecule has 1 atom stereocenters. The van der Waals surface area contributed by atoms with E-state index in [1.807, 2.05) is 32.0 Å². The van der Waals surface area contributed by atoms with Crippen molar-refractivity contribution < 1.29 is 17.9 Å². The van der Waals surface area contributed by atoms with Gasteiger partial charge >= 0.3 is 6.09 Å². The number of carbonyl (C=O) groups excluding carboxylic acids is 1. The van der Waals surface area contributed by atoms with E-state index in [2.05, 4.69) is 4.72 Å². The number of amides is 1. The van der Waals surface area contributed by atoms with Gasteiger partial charge in [0.2, 0.25) is 0 Å². The minimum absolute atomic E-state index is 0.0492. The maximum absolute atomic E-state index is 12.0. The van der Waals surface area contributed by atoms with Crippen LogP contribution in [0.25, 0.3) is 0 Å². The summed E-state index contributed by atoms with van der Waals surface area (Å²) in [6.07, 6.45) is -0.971. The number of anilines is 1. The largest absolute Gasteiger partial charge is 0.443 e. The van der Waals surface area contributed by atoms with Crippen molar-refractivity contribution in [3.05, 3.63) is 29.3 Å². The Morgan fingerprint density at radius 2 is 2.00 bits per heavy atom. The quantitative estimate of drug-likeness (QED) is 0.876. The van der Waals surface area contributed by atoms with E-state index < -0.39 is 22.4 Å². The third-order valence-electron chi connectivity index (χ3n) is 3.65. The lowest BCUT2D eigenvalue weighted by Crippen LogP contribution is -2.40. The first-order valence-corrected chi connectivity index (χ1v) is 8.37. The molecule has 1 aromatic rings. The van der Waals surface area contributed by atoms with Crippen molar-refractivity contribution in [1.82, 2.24) is 9.03 Å². The fourth-order valence-electron chi connectivity index (χ4n) is 2.06. The summed E-state index contributed by atoms with van der Waals surface area (Å²) in [6, 6.07) is 5.72. The summed E-state index contributed by atoms with van der Waals surface area (Å²) in [5.74, 6) is 0. The number of hydrogen-bond acceptors (Lipinski definition) is 4. The highest BCUT2D eigenvalue weighted by Gasteiger charge is 2.33. The molecule has 0 bridgehead atoms. The van der Waals surface area contributed by atoms with Gasteiger partial charge < -0.3 is 4.74 Å². The number of rotatable bonds is 5. The molecule has 1 aliphatic rings. The Balaban J connectivity index is 2.03. The molecule has 8 heteroatoms. The molecule has 1 unspecified atom stereocenters. The molecule has 122 valence electrons. The van der Waals surface area contributed by atoms with Crippen molar-refractivity contribution in [2.45, 2.75) is 20.0 Å². The molecular weight excluding hydrogens is 306 g/mol. The second-order valence-corrected chi connectivity index (χ2v) is 7.49. The van der Waals surface area contributed by atoms with E-state index in [0.717, 1.165) is 21.1 Å². The normalized spacial score (nSPS) is 18.9. The van der Waals surface area contributed by atoms with Crippen LogP contribution in [0.3, 0.4) is 0 Å². The fourth-order valence-corrected chi connectivity index (χ4v) is 2.71. The Hall–Kier alpha value is -1.64. The summed E-state index contributed by atoms with van der Waals surface area (Å²) >= 11 is 0. The van der Waals surface area contributed by atoms with Crippen LogP contribution in [0, 0.1) is 13.8 Å². The SMILES string of the molecule is Cc1ccc(N2CC(CNS(=O)(=O)N(C)C)OC2=O)cc1C. The standard InChI is InChI=1S/C14H21N3O4S/c1-10-5-6-12(7-11(10)2)17-9-13(21-14(17)18)8-15-22(19,20)16(3)4/h5-7,13,15H,8-9H2,1-4H3. The smallest absolute Gasteiger partial charge is 0.414 e. The van der Waals surface area contributed by atoms with Gasteiger partial charge in [0, 0.05) is 19.8 Å². The van der Waals surface area contributed by atoms with Crippen molar-refractivity contribution in [3.63, 3.8) is 0 Å². The Morgan fingerprint density at radius 3 is 2.59 bits per heavy atom. The Bertz CT molecular complexity index is 673. The molecule has 0 aliphatic carbocycles. The Kier molecular flexibility index (Phi) is 4.74. The molecule has 1 heterocycles. The van der Waals surface area contributed by atoms with Gasteiger partial charge in [0.15, 0.2) is 0 Å². The third kappa shape index (κ3) is 3.57. The van der Waals surface area contributed by atoms with E-state index in [-0.39, 0.29) is 6.54 Å². The topological polar surface area (TPSA) is 79.0 Å². The maximum atomic E-state index is 12.0. The first-order chi connectivity index (χ1) is 10.2. The van der Waals surface area contributed by atoms with Gasteiger partial charge in [-0.25, -0.2) is 4.79 Å². The highest BCUT2D eigenvalue weighted by Crippen LogP contribution is 2.23. The molecule has 1 aromatic carbocycles. The minimum atomic E-state index is -3.52. The average Bonchev–Trinajstić information content (AvgIpc) is 2.81. The molecule has 1 N–H and O–H groups in total. The van der Waals surface area contributed by atoms with Gasteiger partial charge in [0.25, 0.3) is 10.2 Å². The zero-order chi connectivity index (χ0) is 16.5. The van der Waals surface area contributed by atoms with Crippen LogP contribution in [0.1, 0.15) is 11.1 Å². The molecule has 1 saturated heterocycles. The lowest BCUT2D eigenvalue weighted by atomic mass is 10.1. The van der Waals surface area contributed by atoms with Crippen LogP contribution >= 0.6 is 0 Å². The number of hydrogen-bond donors (Lipinski definition) is 1. The van der Waals surface area contributed by atoms with Crippen molar-refractivity contribution in [2.24, 2.45) is 0 Å². The van der Waals surface area contributed by atoms with Gasteiger partial charge in [0.05, 0.1) is 13.1 Å². The van der Waals surface area contributed by atoms with Gasteiger partial charge in [-0.1, -0.05) is 6.07 Å². The van der Waals surface area contributed by atoms with Crippen molar-refractivity contribution in [3.8, 4) is 0 Å². The number of nitrogens with zero attached hydrogens (tertiary/aromatic N) is 2. The van der Waals surface area contributed by atoms with Gasteiger partial charge in [-0.15, -0.1) is 0 Å². The lowest BCUT2D eigenvalue weighted by molar-refractivity contribution is 0.143. The van der Waals surface area contributed by atoms with E-state index in [4.69, 9.17) is 4.74 Å². The molecule has 1 aliphatic heterocycles. The molecule has 1 fully saturated rings. The van der Waals surface area contributed by atoms with Gasteiger partial charge in [-0.2, -0.15) is 17.4 Å². The summed E-state index contributed by atoms with van der Waals surface area (Å²) < 4.78 is 32.0. The molecule has 0 spiro atoms. The first kappa shape index (κ1) is 16.7. The van der Waals surface area contributed by atoms with E-state index in [0.29, 0.717) is 6.54 Å².